The lowest BCUT2D eigenvalue weighted by Crippen LogP contribution is -2.47. The second kappa shape index (κ2) is 8.61. The van der Waals surface area contributed by atoms with E-state index in [1.54, 1.807) is 13.1 Å². The molecule has 0 aliphatic carbocycles. The number of primary amides is 1. The SMILES string of the molecule is CN=C(NCCc1cccc(F)c1F)N1CCCC(CC(N)=O)C1. The van der Waals surface area contributed by atoms with Crippen molar-refractivity contribution in [2.45, 2.75) is 25.7 Å². The Kier molecular flexibility index (Phi) is 6.52. The van der Waals surface area contributed by atoms with Crippen LogP contribution < -0.4 is 11.1 Å². The predicted molar refractivity (Wildman–Crippen MR) is 89.5 cm³/mol. The summed E-state index contributed by atoms with van der Waals surface area (Å²) >= 11 is 0. The number of halogens is 2. The van der Waals surface area contributed by atoms with Gasteiger partial charge in [0, 0.05) is 33.1 Å². The molecule has 7 heteroatoms. The van der Waals surface area contributed by atoms with Crippen molar-refractivity contribution in [2.75, 3.05) is 26.7 Å². The van der Waals surface area contributed by atoms with Crippen LogP contribution in [0, 0.1) is 17.6 Å². The van der Waals surface area contributed by atoms with Gasteiger partial charge in [-0.05, 0) is 36.8 Å². The number of nitrogens with two attached hydrogens (primary N) is 1. The second-order valence-electron chi connectivity index (χ2n) is 6.06. The molecule has 3 N–H and O–H groups in total. The molecule has 1 atom stereocenters. The number of likely N-dealkylation sites (tertiary alicyclic amines) is 1. The van der Waals surface area contributed by atoms with Crippen molar-refractivity contribution < 1.29 is 13.6 Å². The fourth-order valence-corrected chi connectivity index (χ4v) is 3.09. The molecule has 2 rings (SSSR count). The first-order valence-corrected chi connectivity index (χ1v) is 8.18. The first kappa shape index (κ1) is 18.2. The summed E-state index contributed by atoms with van der Waals surface area (Å²) in [4.78, 5) is 17.4. The monoisotopic (exact) mass is 338 g/mol. The Bertz CT molecular complexity index is 606. The molecule has 1 aromatic rings. The third kappa shape index (κ3) is 4.91. The van der Waals surface area contributed by atoms with E-state index in [0.29, 0.717) is 30.9 Å². The highest BCUT2D eigenvalue weighted by molar-refractivity contribution is 5.80. The Labute approximate surface area is 140 Å². The maximum atomic E-state index is 13.6. The van der Waals surface area contributed by atoms with E-state index < -0.39 is 11.6 Å². The topological polar surface area (TPSA) is 70.7 Å². The number of nitrogens with zero attached hydrogens (tertiary/aromatic N) is 2. The molecule has 24 heavy (non-hydrogen) atoms. The summed E-state index contributed by atoms with van der Waals surface area (Å²) in [6.07, 6.45) is 2.69. The molecule has 0 bridgehead atoms. The molecule has 1 unspecified atom stereocenters. The van der Waals surface area contributed by atoms with E-state index in [0.717, 1.165) is 32.0 Å². The van der Waals surface area contributed by atoms with Crippen LogP contribution in [0.1, 0.15) is 24.8 Å². The molecule has 0 saturated carbocycles. The summed E-state index contributed by atoms with van der Waals surface area (Å²) in [7, 11) is 1.68. The maximum Gasteiger partial charge on any atom is 0.217 e. The molecule has 5 nitrogen and oxygen atoms in total. The third-order valence-corrected chi connectivity index (χ3v) is 4.23. The van der Waals surface area contributed by atoms with Gasteiger partial charge >= 0.3 is 0 Å². The Balaban J connectivity index is 1.88. The molecule has 1 fully saturated rings. The van der Waals surface area contributed by atoms with Gasteiger partial charge in [-0.1, -0.05) is 12.1 Å². The van der Waals surface area contributed by atoms with Gasteiger partial charge < -0.3 is 16.0 Å². The molecule has 0 aromatic heterocycles. The maximum absolute atomic E-state index is 13.6. The standard InChI is InChI=1S/C17H24F2N4O/c1-21-17(23-9-3-4-12(11-23)10-15(20)24)22-8-7-13-5-2-6-14(18)16(13)19/h2,5-6,12H,3-4,7-11H2,1H3,(H2,20,24)(H,21,22). The van der Waals surface area contributed by atoms with Gasteiger partial charge in [0.1, 0.15) is 0 Å². The normalized spacial score (nSPS) is 18.5. The molecular formula is C17H24F2N4O. The number of piperidine rings is 1. The van der Waals surface area contributed by atoms with Crippen molar-refractivity contribution >= 4 is 11.9 Å². The van der Waals surface area contributed by atoms with Crippen LogP contribution in [0.5, 0.6) is 0 Å². The largest absolute Gasteiger partial charge is 0.370 e. The van der Waals surface area contributed by atoms with Crippen molar-refractivity contribution in [3.63, 3.8) is 0 Å². The molecule has 132 valence electrons. The fourth-order valence-electron chi connectivity index (χ4n) is 3.09. The van der Waals surface area contributed by atoms with Crippen molar-refractivity contribution in [1.82, 2.24) is 10.2 Å². The first-order valence-electron chi connectivity index (χ1n) is 8.18. The average Bonchev–Trinajstić information content (AvgIpc) is 2.55. The molecule has 1 aliphatic heterocycles. The summed E-state index contributed by atoms with van der Waals surface area (Å²) in [5.41, 5.74) is 5.62. The van der Waals surface area contributed by atoms with Crippen LogP contribution in [-0.2, 0) is 11.2 Å². The van der Waals surface area contributed by atoms with E-state index >= 15 is 0 Å². The van der Waals surface area contributed by atoms with Gasteiger partial charge in [-0.2, -0.15) is 0 Å². The van der Waals surface area contributed by atoms with Crippen LogP contribution in [0.15, 0.2) is 23.2 Å². The minimum atomic E-state index is -0.831. The number of carbonyl (C=O) groups excluding carboxylic acids is 1. The molecule has 1 heterocycles. The van der Waals surface area contributed by atoms with Crippen LogP contribution in [0.3, 0.4) is 0 Å². The van der Waals surface area contributed by atoms with Crippen molar-refractivity contribution in [2.24, 2.45) is 16.6 Å². The minimum absolute atomic E-state index is 0.232. The van der Waals surface area contributed by atoms with Gasteiger partial charge in [-0.3, -0.25) is 9.79 Å². The molecule has 0 radical (unpaired) electrons. The highest BCUT2D eigenvalue weighted by Crippen LogP contribution is 2.19. The molecule has 1 aliphatic rings. The Hall–Kier alpha value is -2.18. The third-order valence-electron chi connectivity index (χ3n) is 4.23. The minimum Gasteiger partial charge on any atom is -0.370 e. The Morgan fingerprint density at radius 3 is 2.96 bits per heavy atom. The summed E-state index contributed by atoms with van der Waals surface area (Å²) < 4.78 is 26.9. The lowest BCUT2D eigenvalue weighted by Gasteiger charge is -2.34. The zero-order valence-electron chi connectivity index (χ0n) is 13.9. The molecule has 1 aromatic carbocycles. The van der Waals surface area contributed by atoms with Crippen LogP contribution in [0.4, 0.5) is 8.78 Å². The summed E-state index contributed by atoms with van der Waals surface area (Å²) in [6, 6.07) is 4.19. The van der Waals surface area contributed by atoms with Gasteiger partial charge in [0.2, 0.25) is 5.91 Å². The lowest BCUT2D eigenvalue weighted by atomic mass is 9.95. The van der Waals surface area contributed by atoms with E-state index in [1.807, 2.05) is 0 Å². The number of hydrogen-bond donors (Lipinski definition) is 2. The van der Waals surface area contributed by atoms with Crippen molar-refractivity contribution in [3.05, 3.63) is 35.4 Å². The zero-order valence-corrected chi connectivity index (χ0v) is 13.9. The van der Waals surface area contributed by atoms with Gasteiger partial charge in [-0.25, -0.2) is 8.78 Å². The number of carbonyl (C=O) groups is 1. The summed E-state index contributed by atoms with van der Waals surface area (Å²) in [6.45, 7) is 2.02. The zero-order chi connectivity index (χ0) is 17.5. The highest BCUT2D eigenvalue weighted by atomic mass is 19.2. The van der Waals surface area contributed by atoms with Crippen LogP contribution >= 0.6 is 0 Å². The highest BCUT2D eigenvalue weighted by Gasteiger charge is 2.23. The Morgan fingerprint density at radius 1 is 1.46 bits per heavy atom. The quantitative estimate of drug-likeness (QED) is 0.634. The number of nitrogens with one attached hydrogen (secondary N) is 1. The number of aliphatic imine (C=N–C) groups is 1. The fraction of sp³-hybridized carbons (Fsp3) is 0.529. The van der Waals surface area contributed by atoms with E-state index in [9.17, 15) is 13.6 Å². The van der Waals surface area contributed by atoms with E-state index in [1.165, 1.54) is 6.07 Å². The van der Waals surface area contributed by atoms with Crippen molar-refractivity contribution in [3.8, 4) is 0 Å². The smallest absolute Gasteiger partial charge is 0.217 e. The first-order chi connectivity index (χ1) is 11.5. The van der Waals surface area contributed by atoms with Gasteiger partial charge in [-0.15, -0.1) is 0 Å². The predicted octanol–water partition coefficient (Wildman–Crippen LogP) is 1.67. The lowest BCUT2D eigenvalue weighted by molar-refractivity contribution is -0.119. The van der Waals surface area contributed by atoms with Crippen molar-refractivity contribution in [1.29, 1.82) is 0 Å². The number of hydrogen-bond acceptors (Lipinski definition) is 2. The Morgan fingerprint density at radius 2 is 2.25 bits per heavy atom. The molecule has 1 amide bonds. The van der Waals surface area contributed by atoms with Gasteiger partial charge in [0.15, 0.2) is 17.6 Å². The molecule has 0 spiro atoms. The van der Waals surface area contributed by atoms with Gasteiger partial charge in [0.25, 0.3) is 0 Å². The summed E-state index contributed by atoms with van der Waals surface area (Å²) in [5, 5.41) is 3.18. The summed E-state index contributed by atoms with van der Waals surface area (Å²) in [5.74, 6) is -0.973. The van der Waals surface area contributed by atoms with E-state index in [-0.39, 0.29) is 11.8 Å². The number of benzene rings is 1. The van der Waals surface area contributed by atoms with E-state index in [2.05, 4.69) is 15.2 Å². The second-order valence-corrected chi connectivity index (χ2v) is 6.06. The van der Waals surface area contributed by atoms with Crippen LogP contribution in [-0.4, -0.2) is 43.4 Å². The van der Waals surface area contributed by atoms with Crippen LogP contribution in [0.2, 0.25) is 0 Å². The van der Waals surface area contributed by atoms with E-state index in [4.69, 9.17) is 5.73 Å². The van der Waals surface area contributed by atoms with Gasteiger partial charge in [0.05, 0.1) is 0 Å². The molecule has 1 saturated heterocycles. The number of rotatable bonds is 5. The number of guanidine groups is 1. The average molecular weight is 338 g/mol. The van der Waals surface area contributed by atoms with Crippen LogP contribution in [0.25, 0.3) is 0 Å². The molecular weight excluding hydrogens is 314 g/mol. The number of amides is 1.